The first kappa shape index (κ1) is 29.5. The molecule has 9 N–H and O–H groups in total. The van der Waals surface area contributed by atoms with Crippen LogP contribution in [0.2, 0.25) is 0 Å². The van der Waals surface area contributed by atoms with Gasteiger partial charge >= 0.3 is 11.9 Å². The van der Waals surface area contributed by atoms with Crippen LogP contribution < -0.4 is 21.7 Å². The molecular formula is C22H32N4O9. The zero-order chi connectivity index (χ0) is 26.7. The number of benzene rings is 1. The third kappa shape index (κ3) is 10.1. The zero-order valence-electron chi connectivity index (χ0n) is 19.4. The Bertz CT molecular complexity index is 892. The number of carbonyl (C=O) groups excluding carboxylic acids is 3. The Balaban J connectivity index is 3.14. The minimum absolute atomic E-state index is 0.0242. The lowest BCUT2D eigenvalue weighted by Gasteiger charge is -2.26. The number of carboxylic acids is 2. The SMILES string of the molecule is CC(O)C(N)C(=O)NC(Cc1ccccc1)C(=O)NC(CCC(=O)O)C(=O)NC(C(=O)O)C(C)O. The van der Waals surface area contributed by atoms with Gasteiger partial charge in [0.1, 0.15) is 18.1 Å². The van der Waals surface area contributed by atoms with E-state index in [2.05, 4.69) is 16.0 Å². The van der Waals surface area contributed by atoms with Gasteiger partial charge in [-0.15, -0.1) is 0 Å². The van der Waals surface area contributed by atoms with Gasteiger partial charge in [-0.2, -0.15) is 0 Å². The number of amides is 3. The molecule has 0 fully saturated rings. The van der Waals surface area contributed by atoms with E-state index in [1.54, 1.807) is 30.3 Å². The second-order valence-corrected chi connectivity index (χ2v) is 8.08. The molecule has 13 heteroatoms. The van der Waals surface area contributed by atoms with Crippen molar-refractivity contribution < 1.29 is 44.4 Å². The summed E-state index contributed by atoms with van der Waals surface area (Å²) >= 11 is 0. The van der Waals surface area contributed by atoms with Crippen LogP contribution in [0.3, 0.4) is 0 Å². The maximum absolute atomic E-state index is 13.1. The molecule has 1 aromatic carbocycles. The molecule has 0 saturated heterocycles. The average Bonchev–Trinajstić information content (AvgIpc) is 2.78. The summed E-state index contributed by atoms with van der Waals surface area (Å²) < 4.78 is 0. The monoisotopic (exact) mass is 496 g/mol. The Morgan fingerprint density at radius 2 is 1.37 bits per heavy atom. The number of rotatable bonds is 14. The largest absolute Gasteiger partial charge is 0.481 e. The number of aliphatic hydroxyl groups is 2. The van der Waals surface area contributed by atoms with E-state index in [0.29, 0.717) is 5.56 Å². The fourth-order valence-electron chi connectivity index (χ4n) is 3.00. The summed E-state index contributed by atoms with van der Waals surface area (Å²) in [5, 5.41) is 44.2. The molecule has 0 aliphatic carbocycles. The quantitative estimate of drug-likeness (QED) is 0.138. The summed E-state index contributed by atoms with van der Waals surface area (Å²) in [6.45, 7) is 2.44. The normalized spacial score (nSPS) is 16.0. The van der Waals surface area contributed by atoms with E-state index in [1.807, 2.05) is 0 Å². The van der Waals surface area contributed by atoms with Crippen molar-refractivity contribution >= 4 is 29.7 Å². The van der Waals surface area contributed by atoms with E-state index >= 15 is 0 Å². The highest BCUT2D eigenvalue weighted by atomic mass is 16.4. The molecule has 0 heterocycles. The first-order chi connectivity index (χ1) is 16.3. The molecule has 3 amide bonds. The molecule has 1 rings (SSSR count). The van der Waals surface area contributed by atoms with E-state index in [9.17, 15) is 39.3 Å². The van der Waals surface area contributed by atoms with Gasteiger partial charge in [0.2, 0.25) is 17.7 Å². The van der Waals surface area contributed by atoms with E-state index in [1.165, 1.54) is 6.92 Å². The second kappa shape index (κ2) is 14.0. The first-order valence-corrected chi connectivity index (χ1v) is 10.8. The molecule has 1 aromatic rings. The highest BCUT2D eigenvalue weighted by Crippen LogP contribution is 2.07. The van der Waals surface area contributed by atoms with Gasteiger partial charge < -0.3 is 42.1 Å². The van der Waals surface area contributed by atoms with E-state index in [-0.39, 0.29) is 6.42 Å². The molecule has 0 bridgehead atoms. The van der Waals surface area contributed by atoms with Crippen LogP contribution >= 0.6 is 0 Å². The lowest BCUT2D eigenvalue weighted by atomic mass is 10.0. The summed E-state index contributed by atoms with van der Waals surface area (Å²) in [6.07, 6.45) is -3.63. The zero-order valence-corrected chi connectivity index (χ0v) is 19.4. The third-order valence-electron chi connectivity index (χ3n) is 5.06. The molecule has 0 aliphatic rings. The van der Waals surface area contributed by atoms with Crippen molar-refractivity contribution in [2.75, 3.05) is 0 Å². The van der Waals surface area contributed by atoms with Crippen molar-refractivity contribution in [1.29, 1.82) is 0 Å². The number of hydrogen-bond donors (Lipinski definition) is 8. The molecule has 0 saturated carbocycles. The number of nitrogens with one attached hydrogen (secondary N) is 3. The van der Waals surface area contributed by atoms with Crippen molar-refractivity contribution in [3.05, 3.63) is 35.9 Å². The fraction of sp³-hybridized carbons (Fsp3) is 0.500. The van der Waals surface area contributed by atoms with Crippen LogP contribution in [-0.4, -0.2) is 86.5 Å². The third-order valence-corrected chi connectivity index (χ3v) is 5.06. The van der Waals surface area contributed by atoms with Crippen molar-refractivity contribution in [3.8, 4) is 0 Å². The molecule has 35 heavy (non-hydrogen) atoms. The number of carboxylic acid groups (broad SMARTS) is 2. The van der Waals surface area contributed by atoms with Gasteiger partial charge in [-0.25, -0.2) is 4.79 Å². The first-order valence-electron chi connectivity index (χ1n) is 10.8. The van der Waals surface area contributed by atoms with Gasteiger partial charge in [-0.1, -0.05) is 30.3 Å². The lowest BCUT2D eigenvalue weighted by Crippen LogP contribution is -2.59. The Morgan fingerprint density at radius 3 is 1.86 bits per heavy atom. The molecular weight excluding hydrogens is 464 g/mol. The van der Waals surface area contributed by atoms with Crippen LogP contribution in [0, 0.1) is 0 Å². The van der Waals surface area contributed by atoms with Gasteiger partial charge in [0.05, 0.1) is 12.2 Å². The second-order valence-electron chi connectivity index (χ2n) is 8.08. The van der Waals surface area contributed by atoms with Crippen molar-refractivity contribution in [1.82, 2.24) is 16.0 Å². The van der Waals surface area contributed by atoms with E-state index in [0.717, 1.165) is 6.92 Å². The van der Waals surface area contributed by atoms with Crippen LogP contribution in [0.15, 0.2) is 30.3 Å². The summed E-state index contributed by atoms with van der Waals surface area (Å²) in [4.78, 5) is 60.5. The fourth-order valence-corrected chi connectivity index (χ4v) is 3.00. The van der Waals surface area contributed by atoms with Crippen LogP contribution in [-0.2, 0) is 30.4 Å². The Labute approximate surface area is 201 Å². The Morgan fingerprint density at radius 1 is 0.829 bits per heavy atom. The van der Waals surface area contributed by atoms with E-state index in [4.69, 9.17) is 10.8 Å². The number of carbonyl (C=O) groups is 5. The predicted molar refractivity (Wildman–Crippen MR) is 122 cm³/mol. The molecule has 0 spiro atoms. The Kier molecular flexibility index (Phi) is 11.8. The molecule has 0 aromatic heterocycles. The smallest absolute Gasteiger partial charge is 0.328 e. The highest BCUT2D eigenvalue weighted by Gasteiger charge is 2.32. The minimum Gasteiger partial charge on any atom is -0.481 e. The predicted octanol–water partition coefficient (Wildman–Crippen LogP) is -2.28. The molecule has 6 atom stereocenters. The van der Waals surface area contributed by atoms with Crippen molar-refractivity contribution in [2.45, 2.75) is 69.5 Å². The highest BCUT2D eigenvalue weighted by molar-refractivity contribution is 5.94. The van der Waals surface area contributed by atoms with E-state index < -0.39 is 78.9 Å². The lowest BCUT2D eigenvalue weighted by molar-refractivity contribution is -0.145. The maximum atomic E-state index is 13.1. The van der Waals surface area contributed by atoms with Gasteiger partial charge in [0.25, 0.3) is 0 Å². The molecule has 6 unspecified atom stereocenters. The van der Waals surface area contributed by atoms with Crippen LogP contribution in [0.25, 0.3) is 0 Å². The van der Waals surface area contributed by atoms with Crippen LogP contribution in [0.1, 0.15) is 32.3 Å². The summed E-state index contributed by atoms with van der Waals surface area (Å²) in [5.74, 6) is -5.52. The molecule has 0 aliphatic heterocycles. The number of aliphatic hydroxyl groups excluding tert-OH is 2. The number of aliphatic carboxylic acids is 2. The van der Waals surface area contributed by atoms with Gasteiger partial charge in [-0.3, -0.25) is 19.2 Å². The topological polar surface area (TPSA) is 228 Å². The summed E-state index contributed by atoms with van der Waals surface area (Å²) in [6, 6.07) is 2.75. The number of hydrogen-bond acceptors (Lipinski definition) is 8. The van der Waals surface area contributed by atoms with Gasteiger partial charge in [0, 0.05) is 12.8 Å². The summed E-state index contributed by atoms with van der Waals surface area (Å²) in [7, 11) is 0. The molecule has 194 valence electrons. The number of nitrogens with two attached hydrogens (primary N) is 1. The van der Waals surface area contributed by atoms with Crippen LogP contribution in [0.4, 0.5) is 0 Å². The minimum atomic E-state index is -1.70. The average molecular weight is 497 g/mol. The standard InChI is InChI=1S/C22H32N4O9/c1-11(27)17(23)21(33)25-15(10-13-6-4-3-5-7-13)20(32)24-14(8-9-16(29)30)19(31)26-18(12(2)28)22(34)35/h3-7,11-12,14-15,17-18,27-28H,8-10,23H2,1-2H3,(H,24,32)(H,25,33)(H,26,31)(H,29,30)(H,34,35). The van der Waals surface area contributed by atoms with Crippen molar-refractivity contribution in [3.63, 3.8) is 0 Å². The maximum Gasteiger partial charge on any atom is 0.328 e. The Hall–Kier alpha value is -3.55. The molecule has 0 radical (unpaired) electrons. The van der Waals surface area contributed by atoms with Gasteiger partial charge in [-0.05, 0) is 25.8 Å². The molecule has 13 nitrogen and oxygen atoms in total. The van der Waals surface area contributed by atoms with Crippen LogP contribution in [0.5, 0.6) is 0 Å². The van der Waals surface area contributed by atoms with Crippen molar-refractivity contribution in [2.24, 2.45) is 5.73 Å². The van der Waals surface area contributed by atoms with Gasteiger partial charge in [0.15, 0.2) is 6.04 Å². The summed E-state index contributed by atoms with van der Waals surface area (Å²) in [5.41, 5.74) is 6.29.